The van der Waals surface area contributed by atoms with Crippen LogP contribution in [0.3, 0.4) is 0 Å². The fourth-order valence-corrected chi connectivity index (χ4v) is 2.95. The van der Waals surface area contributed by atoms with Gasteiger partial charge in [-0.3, -0.25) is 14.4 Å². The summed E-state index contributed by atoms with van der Waals surface area (Å²) in [5, 5.41) is 5.46. The van der Waals surface area contributed by atoms with E-state index in [2.05, 4.69) is 17.6 Å². The highest BCUT2D eigenvalue weighted by Gasteiger charge is 2.26. The van der Waals surface area contributed by atoms with Gasteiger partial charge in [-0.2, -0.15) is 0 Å². The molecule has 0 fully saturated rings. The van der Waals surface area contributed by atoms with Gasteiger partial charge in [0.2, 0.25) is 11.8 Å². The van der Waals surface area contributed by atoms with Crippen molar-refractivity contribution in [3.05, 3.63) is 0 Å². The molecule has 0 aromatic carbocycles. The Morgan fingerprint density at radius 3 is 2.04 bits per heavy atom. The molecule has 5 nitrogen and oxygen atoms in total. The summed E-state index contributed by atoms with van der Waals surface area (Å²) in [5.41, 5.74) is 0. The van der Waals surface area contributed by atoms with Gasteiger partial charge >= 0.3 is 0 Å². The van der Waals surface area contributed by atoms with Gasteiger partial charge < -0.3 is 10.6 Å². The highest BCUT2D eigenvalue weighted by molar-refractivity contribution is 5.93. The van der Waals surface area contributed by atoms with Crippen LogP contribution in [0.15, 0.2) is 0 Å². The molecule has 6 heteroatoms. The topological polar surface area (TPSA) is 75.3 Å². The number of halogens is 1. The predicted molar refractivity (Wildman–Crippen MR) is 107 cm³/mol. The van der Waals surface area contributed by atoms with Crippen molar-refractivity contribution in [1.29, 1.82) is 0 Å². The Morgan fingerprint density at radius 2 is 1.48 bits per heavy atom. The lowest BCUT2D eigenvalue weighted by Crippen LogP contribution is -2.52. The number of amides is 2. The molecule has 0 aliphatic heterocycles. The zero-order valence-corrected chi connectivity index (χ0v) is 17.6. The van der Waals surface area contributed by atoms with E-state index < -0.39 is 30.4 Å². The predicted octanol–water partition coefficient (Wildman–Crippen LogP) is 4.09. The van der Waals surface area contributed by atoms with Crippen LogP contribution in [0.5, 0.6) is 0 Å². The Kier molecular flexibility index (Phi) is 14.7. The summed E-state index contributed by atoms with van der Waals surface area (Å²) >= 11 is 0. The van der Waals surface area contributed by atoms with Gasteiger partial charge in [0.05, 0.1) is 6.04 Å². The number of unbranched alkanes of at least 4 members (excludes halogenated alkanes) is 5. The maximum Gasteiger partial charge on any atom is 0.243 e. The second kappa shape index (κ2) is 15.6. The summed E-state index contributed by atoms with van der Waals surface area (Å²) in [4.78, 5) is 36.6. The molecule has 2 atom stereocenters. The number of carbonyl (C=O) groups excluding carboxylic acids is 3. The van der Waals surface area contributed by atoms with Crippen molar-refractivity contribution in [3.63, 3.8) is 0 Å². The number of rotatable bonds is 16. The second-order valence-electron chi connectivity index (χ2n) is 7.72. The Morgan fingerprint density at radius 1 is 0.852 bits per heavy atom. The number of Topliss-reactive ketones (excluding diaryl/α,β-unsaturated/α-hetero) is 1. The summed E-state index contributed by atoms with van der Waals surface area (Å²) in [5.74, 6) is -0.945. The van der Waals surface area contributed by atoms with Crippen LogP contribution in [-0.2, 0) is 14.4 Å². The molecule has 0 spiro atoms. The number of nitrogens with one attached hydrogen (secondary N) is 2. The zero-order chi connectivity index (χ0) is 20.7. The summed E-state index contributed by atoms with van der Waals surface area (Å²) in [6.07, 6.45) is 8.14. The molecule has 0 radical (unpaired) electrons. The van der Waals surface area contributed by atoms with Gasteiger partial charge in [-0.15, -0.1) is 0 Å². The molecule has 0 rings (SSSR count). The smallest absolute Gasteiger partial charge is 0.243 e. The molecule has 27 heavy (non-hydrogen) atoms. The Labute approximate surface area is 164 Å². The summed E-state index contributed by atoms with van der Waals surface area (Å²) in [6.45, 7) is 6.97. The third-order valence-electron chi connectivity index (χ3n) is 4.55. The first-order chi connectivity index (χ1) is 12.8. The Hall–Kier alpha value is -1.46. The molecule has 0 aromatic rings. The highest BCUT2D eigenvalue weighted by Crippen LogP contribution is 2.10. The minimum absolute atomic E-state index is 0.144. The number of alkyl halides is 1. The molecule has 0 unspecified atom stereocenters. The van der Waals surface area contributed by atoms with Gasteiger partial charge in [-0.1, -0.05) is 66.2 Å². The quantitative estimate of drug-likeness (QED) is 0.392. The molecule has 0 heterocycles. The summed E-state index contributed by atoms with van der Waals surface area (Å²) < 4.78 is 12.8. The van der Waals surface area contributed by atoms with Crippen molar-refractivity contribution in [2.24, 2.45) is 5.92 Å². The van der Waals surface area contributed by atoms with Gasteiger partial charge in [-0.25, -0.2) is 4.39 Å². The number of hydrogen-bond acceptors (Lipinski definition) is 3. The standard InChI is InChI=1S/C21H39FN2O3/c1-5-7-9-10-11-13-20(26)23-18(14-16(3)4)21(27)24-17(12-8-6-2)19(25)15-22/h16-18H,5-15H2,1-4H3,(H,23,26)(H,24,27)/t17-,18-/m0/s1. The third-order valence-corrected chi connectivity index (χ3v) is 4.55. The molecule has 2 N–H and O–H groups in total. The van der Waals surface area contributed by atoms with E-state index in [0.717, 1.165) is 38.5 Å². The molecule has 0 aromatic heterocycles. The van der Waals surface area contributed by atoms with Gasteiger partial charge in [0.1, 0.15) is 12.7 Å². The fraction of sp³-hybridized carbons (Fsp3) is 0.857. The lowest BCUT2D eigenvalue weighted by molar-refractivity contribution is -0.132. The first kappa shape index (κ1) is 25.5. The molecular weight excluding hydrogens is 347 g/mol. The van der Waals surface area contributed by atoms with E-state index in [0.29, 0.717) is 19.3 Å². The number of ketones is 1. The first-order valence-electron chi connectivity index (χ1n) is 10.5. The van der Waals surface area contributed by atoms with Crippen LogP contribution in [0.4, 0.5) is 4.39 Å². The van der Waals surface area contributed by atoms with Crippen LogP contribution in [0.2, 0.25) is 0 Å². The van der Waals surface area contributed by atoms with E-state index in [4.69, 9.17) is 0 Å². The van der Waals surface area contributed by atoms with Crippen LogP contribution in [0.1, 0.15) is 91.9 Å². The third kappa shape index (κ3) is 12.5. The van der Waals surface area contributed by atoms with Crippen LogP contribution in [0.25, 0.3) is 0 Å². The maximum absolute atomic E-state index is 12.8. The van der Waals surface area contributed by atoms with Crippen molar-refractivity contribution in [2.75, 3.05) is 6.67 Å². The van der Waals surface area contributed by atoms with E-state index in [1.165, 1.54) is 6.42 Å². The number of carbonyl (C=O) groups is 3. The first-order valence-corrected chi connectivity index (χ1v) is 10.5. The van der Waals surface area contributed by atoms with Crippen LogP contribution in [0, 0.1) is 5.92 Å². The molecule has 158 valence electrons. The van der Waals surface area contributed by atoms with Gasteiger partial charge in [0.25, 0.3) is 0 Å². The molecule has 0 bridgehead atoms. The average molecular weight is 387 g/mol. The van der Waals surface area contributed by atoms with Crippen molar-refractivity contribution < 1.29 is 18.8 Å². The Balaban J connectivity index is 4.72. The molecule has 0 saturated heterocycles. The molecule has 0 saturated carbocycles. The summed E-state index contributed by atoms with van der Waals surface area (Å²) in [7, 11) is 0. The maximum atomic E-state index is 12.8. The van der Waals surface area contributed by atoms with Gasteiger partial charge in [-0.05, 0) is 25.2 Å². The largest absolute Gasteiger partial charge is 0.344 e. The lowest BCUT2D eigenvalue weighted by Gasteiger charge is -2.23. The van der Waals surface area contributed by atoms with Crippen LogP contribution < -0.4 is 10.6 Å². The monoisotopic (exact) mass is 386 g/mol. The van der Waals surface area contributed by atoms with Crippen LogP contribution in [-0.4, -0.2) is 36.4 Å². The van der Waals surface area contributed by atoms with Crippen molar-refractivity contribution in [1.82, 2.24) is 10.6 Å². The minimum atomic E-state index is -1.09. The van der Waals surface area contributed by atoms with Crippen molar-refractivity contribution >= 4 is 17.6 Å². The highest BCUT2D eigenvalue weighted by atomic mass is 19.1. The SMILES string of the molecule is CCCCCCCC(=O)N[C@@H](CC(C)C)C(=O)N[C@@H](CCCC)C(=O)CF. The van der Waals surface area contributed by atoms with Gasteiger partial charge in [0, 0.05) is 6.42 Å². The summed E-state index contributed by atoms with van der Waals surface area (Å²) in [6, 6.07) is -1.51. The second-order valence-corrected chi connectivity index (χ2v) is 7.72. The minimum Gasteiger partial charge on any atom is -0.344 e. The normalized spacial score (nSPS) is 13.3. The van der Waals surface area contributed by atoms with E-state index >= 15 is 0 Å². The molecule has 0 aliphatic rings. The molecule has 0 aliphatic carbocycles. The van der Waals surface area contributed by atoms with Crippen molar-refractivity contribution in [3.8, 4) is 0 Å². The van der Waals surface area contributed by atoms with Crippen LogP contribution >= 0.6 is 0 Å². The average Bonchev–Trinajstić information content (AvgIpc) is 2.63. The molecular formula is C21H39FN2O3. The van der Waals surface area contributed by atoms with Crippen molar-refractivity contribution in [2.45, 2.75) is 104 Å². The number of hydrogen-bond donors (Lipinski definition) is 2. The van der Waals surface area contributed by atoms with E-state index in [1.807, 2.05) is 20.8 Å². The lowest BCUT2D eigenvalue weighted by atomic mass is 10.0. The fourth-order valence-electron chi connectivity index (χ4n) is 2.95. The van der Waals surface area contributed by atoms with E-state index in [1.54, 1.807) is 0 Å². The molecule has 2 amide bonds. The van der Waals surface area contributed by atoms with E-state index in [9.17, 15) is 18.8 Å². The zero-order valence-electron chi connectivity index (χ0n) is 17.6. The Bertz CT molecular complexity index is 441. The van der Waals surface area contributed by atoms with Gasteiger partial charge in [0.15, 0.2) is 5.78 Å². The van der Waals surface area contributed by atoms with E-state index in [-0.39, 0.29) is 11.8 Å².